The molecule has 1 heterocycles. The van der Waals surface area contributed by atoms with Gasteiger partial charge in [0, 0.05) is 18.6 Å². The monoisotopic (exact) mass is 257 g/mol. The summed E-state index contributed by atoms with van der Waals surface area (Å²) < 4.78 is 0. The lowest BCUT2D eigenvalue weighted by Gasteiger charge is -2.33. The summed E-state index contributed by atoms with van der Waals surface area (Å²) >= 11 is 0. The molecule has 1 aliphatic heterocycles. The molecule has 0 bridgehead atoms. The van der Waals surface area contributed by atoms with Gasteiger partial charge in [-0.1, -0.05) is 12.1 Å². The fraction of sp³-hybridized carbons (Fsp3) is 0.562. The van der Waals surface area contributed by atoms with E-state index in [1.165, 1.54) is 18.4 Å². The summed E-state index contributed by atoms with van der Waals surface area (Å²) in [6, 6.07) is 9.25. The molecule has 1 aliphatic rings. The van der Waals surface area contributed by atoms with Crippen LogP contribution < -0.4 is 10.2 Å². The van der Waals surface area contributed by atoms with Crippen molar-refractivity contribution < 1.29 is 0 Å². The van der Waals surface area contributed by atoms with Crippen LogP contribution >= 0.6 is 0 Å². The van der Waals surface area contributed by atoms with Crippen molar-refractivity contribution in [3.63, 3.8) is 0 Å². The minimum absolute atomic E-state index is 0.399. The molecule has 1 N–H and O–H groups in total. The van der Waals surface area contributed by atoms with E-state index in [4.69, 9.17) is 0 Å². The highest BCUT2D eigenvalue weighted by molar-refractivity contribution is 5.64. The highest BCUT2D eigenvalue weighted by Crippen LogP contribution is 2.27. The minimum Gasteiger partial charge on any atom is -0.366 e. The van der Waals surface area contributed by atoms with Crippen LogP contribution in [0.5, 0.6) is 0 Å². The number of anilines is 1. The van der Waals surface area contributed by atoms with E-state index in [0.717, 1.165) is 24.3 Å². The van der Waals surface area contributed by atoms with Crippen LogP contribution in [-0.4, -0.2) is 25.2 Å². The van der Waals surface area contributed by atoms with E-state index in [2.05, 4.69) is 43.1 Å². The highest BCUT2D eigenvalue weighted by atomic mass is 15.2. The third kappa shape index (κ3) is 3.08. The molecule has 0 aromatic heterocycles. The predicted molar refractivity (Wildman–Crippen MR) is 79.4 cm³/mol. The van der Waals surface area contributed by atoms with Gasteiger partial charge in [0.25, 0.3) is 0 Å². The molecule has 19 heavy (non-hydrogen) atoms. The van der Waals surface area contributed by atoms with Crippen molar-refractivity contribution in [2.24, 2.45) is 0 Å². The maximum absolute atomic E-state index is 9.34. The van der Waals surface area contributed by atoms with Crippen molar-refractivity contribution in [2.75, 3.05) is 18.0 Å². The number of nitrogens with zero attached hydrogens (tertiary/aromatic N) is 2. The van der Waals surface area contributed by atoms with E-state index in [-0.39, 0.29) is 0 Å². The molecule has 2 rings (SSSR count). The van der Waals surface area contributed by atoms with Crippen LogP contribution in [0, 0.1) is 18.3 Å². The van der Waals surface area contributed by atoms with E-state index >= 15 is 0 Å². The largest absolute Gasteiger partial charge is 0.366 e. The summed E-state index contributed by atoms with van der Waals surface area (Å²) in [7, 11) is 0. The van der Waals surface area contributed by atoms with E-state index in [9.17, 15) is 5.26 Å². The molecule has 0 radical (unpaired) electrons. The van der Waals surface area contributed by atoms with Gasteiger partial charge in [-0.2, -0.15) is 5.26 Å². The number of nitriles is 1. The Labute approximate surface area is 116 Å². The molecule has 3 nitrogen and oxygen atoms in total. The average molecular weight is 257 g/mol. The summed E-state index contributed by atoms with van der Waals surface area (Å²) in [5, 5.41) is 12.9. The number of para-hydroxylation sites is 1. The normalized spacial score (nSPS) is 18.6. The summed E-state index contributed by atoms with van der Waals surface area (Å²) in [6.07, 6.45) is 2.49. The third-order valence-electron chi connectivity index (χ3n) is 3.85. The first kappa shape index (κ1) is 13.9. The number of hydrogen-bond acceptors (Lipinski definition) is 3. The van der Waals surface area contributed by atoms with Crippen molar-refractivity contribution in [3.05, 3.63) is 29.3 Å². The molecular formula is C16H23N3. The molecular weight excluding hydrogens is 234 g/mol. The molecule has 1 aromatic carbocycles. The minimum atomic E-state index is 0.399. The summed E-state index contributed by atoms with van der Waals surface area (Å²) in [6.45, 7) is 8.59. The van der Waals surface area contributed by atoms with Gasteiger partial charge in [-0.15, -0.1) is 0 Å². The molecule has 1 atom stereocenters. The number of aryl methyl sites for hydroxylation is 1. The molecule has 3 heteroatoms. The fourth-order valence-electron chi connectivity index (χ4n) is 2.84. The van der Waals surface area contributed by atoms with Crippen LogP contribution in [0.2, 0.25) is 0 Å². The van der Waals surface area contributed by atoms with Crippen molar-refractivity contribution >= 4 is 5.69 Å². The van der Waals surface area contributed by atoms with Crippen LogP contribution in [0.1, 0.15) is 37.8 Å². The van der Waals surface area contributed by atoms with Gasteiger partial charge in [0.05, 0.1) is 11.3 Å². The van der Waals surface area contributed by atoms with Gasteiger partial charge >= 0.3 is 0 Å². The van der Waals surface area contributed by atoms with Gasteiger partial charge in [0.2, 0.25) is 0 Å². The Hall–Kier alpha value is -1.53. The molecule has 1 aromatic rings. The molecule has 0 spiro atoms. The number of hydrogen-bond donors (Lipinski definition) is 1. The van der Waals surface area contributed by atoms with Crippen molar-refractivity contribution in [3.8, 4) is 6.07 Å². The first-order chi connectivity index (χ1) is 9.13. The second-order valence-corrected chi connectivity index (χ2v) is 5.62. The average Bonchev–Trinajstić information content (AvgIpc) is 2.89. The quantitative estimate of drug-likeness (QED) is 0.901. The van der Waals surface area contributed by atoms with Crippen LogP contribution in [0.3, 0.4) is 0 Å². The van der Waals surface area contributed by atoms with E-state index in [1.807, 2.05) is 12.1 Å². The van der Waals surface area contributed by atoms with Crippen LogP contribution in [0.4, 0.5) is 5.69 Å². The van der Waals surface area contributed by atoms with E-state index < -0.39 is 0 Å². The second kappa shape index (κ2) is 6.08. The second-order valence-electron chi connectivity index (χ2n) is 5.62. The zero-order valence-corrected chi connectivity index (χ0v) is 12.1. The Balaban J connectivity index is 2.31. The van der Waals surface area contributed by atoms with E-state index in [1.54, 1.807) is 0 Å². The van der Waals surface area contributed by atoms with Gasteiger partial charge in [-0.05, 0) is 51.8 Å². The molecule has 1 unspecified atom stereocenters. The molecule has 0 saturated carbocycles. The van der Waals surface area contributed by atoms with Gasteiger partial charge in [0.1, 0.15) is 6.07 Å². The molecule has 102 valence electrons. The van der Waals surface area contributed by atoms with Crippen molar-refractivity contribution in [1.82, 2.24) is 5.32 Å². The molecule has 0 aliphatic carbocycles. The highest BCUT2D eigenvalue weighted by Gasteiger charge is 2.22. The number of benzene rings is 1. The smallest absolute Gasteiger partial charge is 0.101 e. The number of rotatable bonds is 4. The van der Waals surface area contributed by atoms with Gasteiger partial charge in [-0.3, -0.25) is 0 Å². The van der Waals surface area contributed by atoms with Gasteiger partial charge in [-0.25, -0.2) is 0 Å². The Kier molecular flexibility index (Phi) is 4.44. The Morgan fingerprint density at radius 3 is 2.84 bits per heavy atom. The van der Waals surface area contributed by atoms with Crippen LogP contribution in [0.15, 0.2) is 18.2 Å². The standard InChI is InChI=1S/C16H23N3/c1-12(2)19(11-15-8-5-9-18-15)16-13(3)6-4-7-14(16)10-17/h4,6-7,12,15,18H,5,8-9,11H2,1-3H3. The van der Waals surface area contributed by atoms with E-state index in [0.29, 0.717) is 12.1 Å². The van der Waals surface area contributed by atoms with Crippen molar-refractivity contribution in [1.29, 1.82) is 5.26 Å². The molecule has 1 saturated heterocycles. The zero-order valence-electron chi connectivity index (χ0n) is 12.1. The third-order valence-corrected chi connectivity index (χ3v) is 3.85. The Morgan fingerprint density at radius 1 is 1.47 bits per heavy atom. The predicted octanol–water partition coefficient (Wildman–Crippen LogP) is 2.83. The Morgan fingerprint density at radius 2 is 2.26 bits per heavy atom. The van der Waals surface area contributed by atoms with Gasteiger partial charge < -0.3 is 10.2 Å². The lowest BCUT2D eigenvalue weighted by atomic mass is 10.0. The summed E-state index contributed by atoms with van der Waals surface area (Å²) in [5.41, 5.74) is 3.08. The molecule has 0 amide bonds. The lowest BCUT2D eigenvalue weighted by Crippen LogP contribution is -2.42. The maximum Gasteiger partial charge on any atom is 0.101 e. The Bertz CT molecular complexity index is 467. The zero-order chi connectivity index (χ0) is 13.8. The van der Waals surface area contributed by atoms with Gasteiger partial charge in [0.15, 0.2) is 0 Å². The van der Waals surface area contributed by atoms with Crippen molar-refractivity contribution in [2.45, 2.75) is 45.7 Å². The first-order valence-electron chi connectivity index (χ1n) is 7.13. The molecule has 1 fully saturated rings. The maximum atomic E-state index is 9.34. The van der Waals surface area contributed by atoms with Crippen LogP contribution in [-0.2, 0) is 0 Å². The van der Waals surface area contributed by atoms with Crippen LogP contribution in [0.25, 0.3) is 0 Å². The topological polar surface area (TPSA) is 39.1 Å². The summed E-state index contributed by atoms with van der Waals surface area (Å²) in [4.78, 5) is 2.37. The SMILES string of the molecule is Cc1cccc(C#N)c1N(CC1CCCN1)C(C)C. The number of nitrogens with one attached hydrogen (secondary N) is 1. The summed E-state index contributed by atoms with van der Waals surface area (Å²) in [5.74, 6) is 0. The fourth-order valence-corrected chi connectivity index (χ4v) is 2.84. The lowest BCUT2D eigenvalue weighted by molar-refractivity contribution is 0.552. The first-order valence-corrected chi connectivity index (χ1v) is 7.13.